The van der Waals surface area contributed by atoms with Gasteiger partial charge >= 0.3 is 0 Å². The number of benzene rings is 1. The average Bonchev–Trinajstić information content (AvgIpc) is 2.58. The number of nitriles is 1. The molecule has 8 heteroatoms. The molecular weight excluding hydrogens is 464 g/mol. The Labute approximate surface area is 169 Å². The van der Waals surface area contributed by atoms with Gasteiger partial charge in [-0.1, -0.05) is 15.9 Å². The van der Waals surface area contributed by atoms with Crippen LogP contribution >= 0.6 is 31.9 Å². The van der Waals surface area contributed by atoms with Gasteiger partial charge in [0.1, 0.15) is 17.4 Å². The first-order valence-corrected chi connectivity index (χ1v) is 9.39. The molecule has 0 fully saturated rings. The van der Waals surface area contributed by atoms with Crippen LogP contribution in [-0.2, 0) is 11.3 Å². The average molecular weight is 482 g/mol. The third-order valence-electron chi connectivity index (χ3n) is 3.34. The van der Waals surface area contributed by atoms with Crippen LogP contribution in [0.25, 0.3) is 0 Å². The quantitative estimate of drug-likeness (QED) is 0.454. The Kier molecular flexibility index (Phi) is 7.57. The molecular formula is C18H18Br2N4O2. The highest BCUT2D eigenvalue weighted by Crippen LogP contribution is 2.32. The van der Waals surface area contributed by atoms with Crippen LogP contribution in [0.2, 0.25) is 0 Å². The Bertz CT molecular complexity index is 863. The minimum Gasteiger partial charge on any atom is -0.492 e. The number of hydrazone groups is 1. The van der Waals surface area contributed by atoms with Gasteiger partial charge in [-0.3, -0.25) is 5.43 Å². The van der Waals surface area contributed by atoms with E-state index >= 15 is 0 Å². The largest absolute Gasteiger partial charge is 0.492 e. The maximum atomic E-state index is 9.45. The highest BCUT2D eigenvalue weighted by molar-refractivity contribution is 9.11. The monoisotopic (exact) mass is 480 g/mol. The van der Waals surface area contributed by atoms with Crippen molar-refractivity contribution in [1.82, 2.24) is 4.98 Å². The summed E-state index contributed by atoms with van der Waals surface area (Å²) in [7, 11) is 1.59. The first kappa shape index (κ1) is 20.4. The van der Waals surface area contributed by atoms with Crippen molar-refractivity contribution in [2.45, 2.75) is 20.5 Å². The molecule has 136 valence electrons. The van der Waals surface area contributed by atoms with Crippen molar-refractivity contribution in [3.63, 3.8) is 0 Å². The van der Waals surface area contributed by atoms with Gasteiger partial charge in [0.05, 0.1) is 23.9 Å². The lowest BCUT2D eigenvalue weighted by Crippen LogP contribution is -2.04. The smallest absolute Gasteiger partial charge is 0.164 e. The topological polar surface area (TPSA) is 79.5 Å². The third-order valence-corrected chi connectivity index (χ3v) is 4.39. The van der Waals surface area contributed by atoms with Gasteiger partial charge in [0.15, 0.2) is 5.82 Å². The molecule has 0 radical (unpaired) electrons. The predicted molar refractivity (Wildman–Crippen MR) is 109 cm³/mol. The van der Waals surface area contributed by atoms with E-state index in [1.165, 1.54) is 0 Å². The van der Waals surface area contributed by atoms with Crippen LogP contribution < -0.4 is 10.2 Å². The summed E-state index contributed by atoms with van der Waals surface area (Å²) in [5, 5.41) is 13.7. The molecule has 0 unspecified atom stereocenters. The molecule has 0 aliphatic heterocycles. The molecule has 26 heavy (non-hydrogen) atoms. The minimum atomic E-state index is 0.331. The Balaban J connectivity index is 2.33. The third kappa shape index (κ3) is 5.04. The number of aromatic nitrogens is 1. The predicted octanol–water partition coefficient (Wildman–Crippen LogP) is 4.78. The number of hydrogen-bond donors (Lipinski definition) is 1. The summed E-state index contributed by atoms with van der Waals surface area (Å²) in [4.78, 5) is 4.36. The van der Waals surface area contributed by atoms with Gasteiger partial charge in [0.2, 0.25) is 0 Å². The highest BCUT2D eigenvalue weighted by atomic mass is 79.9. The second-order valence-electron chi connectivity index (χ2n) is 5.30. The maximum Gasteiger partial charge on any atom is 0.164 e. The number of rotatable bonds is 7. The number of anilines is 1. The van der Waals surface area contributed by atoms with E-state index < -0.39 is 0 Å². The van der Waals surface area contributed by atoms with Crippen molar-refractivity contribution >= 4 is 43.9 Å². The minimum absolute atomic E-state index is 0.331. The molecule has 0 saturated heterocycles. The maximum absolute atomic E-state index is 9.45. The van der Waals surface area contributed by atoms with Crippen LogP contribution in [0, 0.1) is 18.3 Å². The van der Waals surface area contributed by atoms with Gasteiger partial charge in [0.25, 0.3) is 0 Å². The molecule has 1 aromatic carbocycles. The number of nitrogens with one attached hydrogen (secondary N) is 1. The van der Waals surface area contributed by atoms with E-state index in [-0.39, 0.29) is 0 Å². The Hall–Kier alpha value is -1.95. The summed E-state index contributed by atoms with van der Waals surface area (Å²) < 4.78 is 12.5. The summed E-state index contributed by atoms with van der Waals surface area (Å²) in [5.74, 6) is 1.09. The van der Waals surface area contributed by atoms with Crippen LogP contribution in [-0.4, -0.2) is 24.9 Å². The van der Waals surface area contributed by atoms with Gasteiger partial charge in [0, 0.05) is 28.4 Å². The molecule has 0 aliphatic rings. The van der Waals surface area contributed by atoms with E-state index in [1.807, 2.05) is 32.0 Å². The molecule has 0 aliphatic carbocycles. The lowest BCUT2D eigenvalue weighted by molar-refractivity contribution is 0.184. The summed E-state index contributed by atoms with van der Waals surface area (Å²) >= 11 is 6.95. The molecule has 1 heterocycles. The van der Waals surface area contributed by atoms with Gasteiger partial charge in [-0.15, -0.1) is 0 Å². The number of nitrogens with zero attached hydrogens (tertiary/aromatic N) is 3. The van der Waals surface area contributed by atoms with E-state index in [9.17, 15) is 5.26 Å². The summed E-state index contributed by atoms with van der Waals surface area (Å²) in [6.07, 6.45) is 1.63. The van der Waals surface area contributed by atoms with E-state index in [1.54, 1.807) is 13.3 Å². The second kappa shape index (κ2) is 9.67. The zero-order valence-corrected chi connectivity index (χ0v) is 17.8. The molecule has 0 bridgehead atoms. The summed E-state index contributed by atoms with van der Waals surface area (Å²) in [6, 6.07) is 7.79. The van der Waals surface area contributed by atoms with Gasteiger partial charge < -0.3 is 9.47 Å². The standard InChI is InChI=1S/C18H18Br2N4O2/c1-4-26-17-12(6-14(19)7-16(17)20)9-22-24-18-15(8-21)13(10-25-3)5-11(2)23-18/h5-7,9H,4,10H2,1-3H3,(H,23,24)/b22-9-. The van der Waals surface area contributed by atoms with Crippen molar-refractivity contribution in [2.24, 2.45) is 5.10 Å². The number of halogens is 2. The van der Waals surface area contributed by atoms with Gasteiger partial charge in [-0.05, 0) is 48.0 Å². The Morgan fingerprint density at radius 1 is 1.35 bits per heavy atom. The molecule has 1 N–H and O–H groups in total. The van der Waals surface area contributed by atoms with Crippen molar-refractivity contribution in [1.29, 1.82) is 5.26 Å². The van der Waals surface area contributed by atoms with Crippen LogP contribution in [0.15, 0.2) is 32.2 Å². The highest BCUT2D eigenvalue weighted by Gasteiger charge is 2.12. The van der Waals surface area contributed by atoms with E-state index in [0.717, 1.165) is 25.8 Å². The summed E-state index contributed by atoms with van der Waals surface area (Å²) in [6.45, 7) is 4.64. The zero-order valence-electron chi connectivity index (χ0n) is 14.6. The second-order valence-corrected chi connectivity index (χ2v) is 7.07. The normalized spacial score (nSPS) is 10.8. The number of ether oxygens (including phenoxy) is 2. The molecule has 6 nitrogen and oxygen atoms in total. The number of pyridine rings is 1. The molecule has 2 rings (SSSR count). The number of aryl methyl sites for hydroxylation is 1. The van der Waals surface area contributed by atoms with Crippen LogP contribution in [0.1, 0.15) is 29.3 Å². The van der Waals surface area contributed by atoms with Gasteiger partial charge in [-0.2, -0.15) is 10.4 Å². The fraction of sp³-hybridized carbons (Fsp3) is 0.278. The first-order valence-electron chi connectivity index (χ1n) is 7.80. The molecule has 1 aromatic heterocycles. The van der Waals surface area contributed by atoms with Crippen LogP contribution in [0.3, 0.4) is 0 Å². The summed E-state index contributed by atoms with van der Waals surface area (Å²) in [5.41, 5.74) is 5.58. The fourth-order valence-corrected chi connectivity index (χ4v) is 3.72. The number of hydrogen-bond acceptors (Lipinski definition) is 6. The first-order chi connectivity index (χ1) is 12.5. The molecule has 0 saturated carbocycles. The zero-order chi connectivity index (χ0) is 19.1. The molecule has 0 atom stereocenters. The lowest BCUT2D eigenvalue weighted by atomic mass is 10.1. The fourth-order valence-electron chi connectivity index (χ4n) is 2.35. The molecule has 0 amide bonds. The molecule has 0 spiro atoms. The molecule has 2 aromatic rings. The van der Waals surface area contributed by atoms with Crippen molar-refractivity contribution in [2.75, 3.05) is 19.1 Å². The van der Waals surface area contributed by atoms with Crippen LogP contribution in [0.5, 0.6) is 5.75 Å². The SMILES string of the molecule is CCOc1c(Br)cc(Br)cc1/C=N\Nc1nc(C)cc(COC)c1C#N. The Morgan fingerprint density at radius 3 is 2.77 bits per heavy atom. The van der Waals surface area contributed by atoms with Crippen LogP contribution in [0.4, 0.5) is 5.82 Å². The van der Waals surface area contributed by atoms with E-state index in [2.05, 4.69) is 53.4 Å². The lowest BCUT2D eigenvalue weighted by Gasteiger charge is -2.11. The van der Waals surface area contributed by atoms with E-state index in [0.29, 0.717) is 30.3 Å². The van der Waals surface area contributed by atoms with E-state index in [4.69, 9.17) is 9.47 Å². The van der Waals surface area contributed by atoms with Gasteiger partial charge in [-0.25, -0.2) is 4.98 Å². The van der Waals surface area contributed by atoms with Crippen molar-refractivity contribution in [3.8, 4) is 11.8 Å². The Morgan fingerprint density at radius 2 is 2.12 bits per heavy atom. The number of methoxy groups -OCH3 is 1. The van der Waals surface area contributed by atoms with Crippen molar-refractivity contribution < 1.29 is 9.47 Å². The van der Waals surface area contributed by atoms with Crippen molar-refractivity contribution in [3.05, 3.63) is 49.5 Å².